The first-order chi connectivity index (χ1) is 8.87. The number of hydrogen-bond acceptors (Lipinski definition) is 0. The van der Waals surface area contributed by atoms with Crippen molar-refractivity contribution in [1.29, 1.82) is 0 Å². The van der Waals surface area contributed by atoms with Gasteiger partial charge in [0.05, 0.1) is 0 Å². The normalized spacial score (nSPS) is 14.0. The fourth-order valence-corrected chi connectivity index (χ4v) is 1.93. The van der Waals surface area contributed by atoms with E-state index in [1.54, 1.807) is 0 Å². The number of nitrogens with zero attached hydrogens (tertiary/aromatic N) is 1. The van der Waals surface area contributed by atoms with Gasteiger partial charge in [-0.2, -0.15) is 0 Å². The van der Waals surface area contributed by atoms with Crippen molar-refractivity contribution >= 4 is 0 Å². The van der Waals surface area contributed by atoms with Crippen molar-refractivity contribution in [3.8, 4) is 11.3 Å². The average molecular weight is 215 g/mol. The molecule has 2 rings (SSSR count). The van der Waals surface area contributed by atoms with Gasteiger partial charge in [-0.25, -0.2) is 4.57 Å². The molecule has 0 aliphatic heterocycles. The Morgan fingerprint density at radius 3 is 2.81 bits per heavy atom. The largest absolute Gasteiger partial charge is 0.212 e. The molecule has 0 aliphatic carbocycles. The summed E-state index contributed by atoms with van der Waals surface area (Å²) in [5.74, 6) is 0. The first-order valence-corrected chi connectivity index (χ1v) is 5.41. The van der Waals surface area contributed by atoms with Crippen LogP contribution in [0.25, 0.3) is 11.3 Å². The minimum absolute atomic E-state index is 0.120. The summed E-state index contributed by atoms with van der Waals surface area (Å²) in [5, 5.41) is 0. The molecular formula is C15H18N+. The standard InChI is InChI=1S/C15H18N/c1-4-13-8-9-14(12(2)11-13)15-7-5-6-10-16(15)3/h5-11H,4H2,1-3H3/q+1/i1D3. The van der Waals surface area contributed by atoms with E-state index in [1.807, 2.05) is 50.5 Å². The van der Waals surface area contributed by atoms with E-state index in [9.17, 15) is 0 Å². The lowest BCUT2D eigenvalue weighted by Crippen LogP contribution is -2.30. The molecule has 0 amide bonds. The Hall–Kier alpha value is -1.63. The summed E-state index contributed by atoms with van der Waals surface area (Å²) in [6.45, 7) is 0.108. The minimum atomic E-state index is -1.91. The molecule has 0 bridgehead atoms. The van der Waals surface area contributed by atoms with E-state index in [0.29, 0.717) is 0 Å². The van der Waals surface area contributed by atoms with E-state index in [1.165, 1.54) is 0 Å². The summed E-state index contributed by atoms with van der Waals surface area (Å²) in [6.07, 6.45) is 2.13. The average Bonchev–Trinajstić information content (AvgIpc) is 2.28. The molecule has 0 N–H and O–H groups in total. The second-order valence-corrected chi connectivity index (χ2v) is 4.02. The van der Waals surface area contributed by atoms with Crippen LogP contribution in [-0.2, 0) is 13.5 Å². The van der Waals surface area contributed by atoms with Crippen LogP contribution in [0.4, 0.5) is 0 Å². The van der Waals surface area contributed by atoms with Gasteiger partial charge in [-0.15, -0.1) is 0 Å². The third-order valence-corrected chi connectivity index (χ3v) is 2.83. The highest BCUT2D eigenvalue weighted by molar-refractivity contribution is 5.61. The SMILES string of the molecule is [2H]C([2H])([2H])Cc1ccc(-c2cccc[n+]2C)c(C)c1. The number of hydrogen-bond donors (Lipinski definition) is 0. The summed E-state index contributed by atoms with van der Waals surface area (Å²) < 4.78 is 24.0. The molecule has 0 radical (unpaired) electrons. The highest BCUT2D eigenvalue weighted by Crippen LogP contribution is 2.21. The molecule has 16 heavy (non-hydrogen) atoms. The summed E-state index contributed by atoms with van der Waals surface area (Å²) in [5.41, 5.74) is 4.22. The fourth-order valence-electron chi connectivity index (χ4n) is 1.93. The summed E-state index contributed by atoms with van der Waals surface area (Å²) >= 11 is 0. The molecule has 2 aromatic rings. The van der Waals surface area contributed by atoms with Gasteiger partial charge >= 0.3 is 0 Å². The second-order valence-electron chi connectivity index (χ2n) is 4.02. The number of benzene rings is 1. The maximum Gasteiger partial charge on any atom is 0.212 e. The monoisotopic (exact) mass is 215 g/mol. The van der Waals surface area contributed by atoms with Gasteiger partial charge in [0.1, 0.15) is 7.05 Å². The quantitative estimate of drug-likeness (QED) is 0.678. The van der Waals surface area contributed by atoms with Gasteiger partial charge in [-0.05, 0) is 36.6 Å². The Morgan fingerprint density at radius 2 is 2.12 bits per heavy atom. The molecule has 0 atom stereocenters. The number of pyridine rings is 1. The Kier molecular flexibility index (Phi) is 2.13. The van der Waals surface area contributed by atoms with Crippen LogP contribution in [0.3, 0.4) is 0 Å². The van der Waals surface area contributed by atoms with Gasteiger partial charge in [0.25, 0.3) is 0 Å². The fraction of sp³-hybridized carbons (Fsp3) is 0.267. The summed E-state index contributed by atoms with van der Waals surface area (Å²) in [6, 6.07) is 11.9. The van der Waals surface area contributed by atoms with Gasteiger partial charge in [0.2, 0.25) is 5.69 Å². The van der Waals surface area contributed by atoms with Crippen molar-refractivity contribution in [2.75, 3.05) is 0 Å². The first-order valence-electron chi connectivity index (χ1n) is 6.91. The lowest BCUT2D eigenvalue weighted by atomic mass is 10.0. The zero-order valence-electron chi connectivity index (χ0n) is 12.7. The molecule has 0 unspecified atom stereocenters. The first kappa shape index (κ1) is 7.61. The molecule has 1 heterocycles. The molecule has 1 aromatic heterocycles. The van der Waals surface area contributed by atoms with Crippen LogP contribution in [0.5, 0.6) is 0 Å². The van der Waals surface area contributed by atoms with E-state index >= 15 is 0 Å². The van der Waals surface area contributed by atoms with Crippen molar-refractivity contribution in [3.05, 3.63) is 53.7 Å². The van der Waals surface area contributed by atoms with Crippen LogP contribution in [0, 0.1) is 6.92 Å². The van der Waals surface area contributed by atoms with Crippen molar-refractivity contribution in [2.24, 2.45) is 7.05 Å². The summed E-state index contributed by atoms with van der Waals surface area (Å²) in [4.78, 5) is 0. The van der Waals surface area contributed by atoms with Gasteiger partial charge in [-0.1, -0.05) is 19.0 Å². The van der Waals surface area contributed by atoms with Crippen molar-refractivity contribution < 1.29 is 8.68 Å². The Bertz CT molecular complexity index is 588. The van der Waals surface area contributed by atoms with Crippen LogP contribution in [0.2, 0.25) is 0 Å². The number of rotatable bonds is 2. The molecule has 1 aromatic carbocycles. The zero-order valence-corrected chi connectivity index (χ0v) is 9.70. The molecule has 0 spiro atoms. The lowest BCUT2D eigenvalue weighted by Gasteiger charge is -2.06. The molecule has 0 saturated carbocycles. The van der Waals surface area contributed by atoms with Crippen molar-refractivity contribution in [2.45, 2.75) is 20.2 Å². The van der Waals surface area contributed by atoms with Gasteiger partial charge < -0.3 is 0 Å². The Labute approximate surface area is 102 Å². The van der Waals surface area contributed by atoms with Crippen molar-refractivity contribution in [1.82, 2.24) is 0 Å². The van der Waals surface area contributed by atoms with Crippen LogP contribution in [0.15, 0.2) is 42.6 Å². The van der Waals surface area contributed by atoms with Crippen LogP contribution >= 0.6 is 0 Å². The van der Waals surface area contributed by atoms with E-state index in [2.05, 4.69) is 10.6 Å². The van der Waals surface area contributed by atoms with E-state index in [4.69, 9.17) is 4.11 Å². The van der Waals surface area contributed by atoms with E-state index < -0.39 is 6.85 Å². The van der Waals surface area contributed by atoms with Crippen molar-refractivity contribution in [3.63, 3.8) is 0 Å². The molecule has 1 nitrogen and oxygen atoms in total. The highest BCUT2D eigenvalue weighted by atomic mass is 14.9. The third kappa shape index (κ3) is 1.99. The summed E-state index contributed by atoms with van der Waals surface area (Å²) in [7, 11) is 2.01. The van der Waals surface area contributed by atoms with Crippen LogP contribution in [0.1, 0.15) is 22.1 Å². The molecule has 82 valence electrons. The lowest BCUT2D eigenvalue weighted by molar-refractivity contribution is -0.660. The number of aromatic nitrogens is 1. The second kappa shape index (κ2) is 4.48. The smallest absolute Gasteiger partial charge is 0.201 e. The molecule has 1 heteroatoms. The van der Waals surface area contributed by atoms with E-state index in [0.717, 1.165) is 22.4 Å². The molecular weight excluding hydrogens is 194 g/mol. The third-order valence-electron chi connectivity index (χ3n) is 2.83. The Morgan fingerprint density at radius 1 is 1.25 bits per heavy atom. The van der Waals surface area contributed by atoms with Gasteiger partial charge in [-0.3, -0.25) is 0 Å². The topological polar surface area (TPSA) is 3.88 Å². The number of aryl methyl sites for hydroxylation is 3. The van der Waals surface area contributed by atoms with Gasteiger partial charge in [0, 0.05) is 21.8 Å². The predicted octanol–water partition coefficient (Wildman–Crippen LogP) is 3.05. The van der Waals surface area contributed by atoms with Crippen LogP contribution < -0.4 is 4.57 Å². The molecule has 0 saturated heterocycles. The van der Waals surface area contributed by atoms with E-state index in [-0.39, 0.29) is 6.42 Å². The highest BCUT2D eigenvalue weighted by Gasteiger charge is 2.10. The predicted molar refractivity (Wildman–Crippen MR) is 67.2 cm³/mol. The molecule has 0 aliphatic rings. The van der Waals surface area contributed by atoms with Gasteiger partial charge in [0.15, 0.2) is 6.20 Å². The Balaban J connectivity index is 2.38. The minimum Gasteiger partial charge on any atom is -0.201 e. The maximum absolute atomic E-state index is 7.32. The maximum atomic E-state index is 7.32. The molecule has 0 fully saturated rings. The van der Waals surface area contributed by atoms with Crippen LogP contribution in [-0.4, -0.2) is 0 Å². The zero-order chi connectivity index (χ0) is 14.0.